The van der Waals surface area contributed by atoms with Gasteiger partial charge < -0.3 is 15.2 Å². The molecule has 0 aromatic rings. The van der Waals surface area contributed by atoms with E-state index in [1.807, 2.05) is 0 Å². The quantitative estimate of drug-likeness (QED) is 0.319. The molecule has 0 saturated carbocycles. The van der Waals surface area contributed by atoms with Crippen molar-refractivity contribution in [2.75, 3.05) is 19.7 Å². The maximum Gasteiger partial charge on any atom is 0.235 e. The number of hydrogen-bond acceptors (Lipinski definition) is 6. The van der Waals surface area contributed by atoms with Crippen molar-refractivity contribution in [1.29, 1.82) is 0 Å². The number of carbonyl (C=O) groups excluding carboxylic acids is 2. The third kappa shape index (κ3) is 2.98. The molecular weight excluding hydrogens is 268 g/mol. The minimum atomic E-state index is -0.898. The first-order valence-corrected chi connectivity index (χ1v) is 6.57. The predicted octanol–water partition coefficient (Wildman–Crippen LogP) is -0.395. The maximum atomic E-state index is 11.7. The van der Waals surface area contributed by atoms with Crippen molar-refractivity contribution in [2.45, 2.75) is 32.4 Å². The van der Waals surface area contributed by atoms with Crippen molar-refractivity contribution in [2.24, 2.45) is 11.2 Å². The largest absolute Gasteiger partial charge is 0.569 e. The van der Waals surface area contributed by atoms with Crippen LogP contribution in [0.1, 0.15) is 26.2 Å². The van der Waals surface area contributed by atoms with Gasteiger partial charge in [0.05, 0.1) is 18.1 Å². The fraction of sp³-hybridized carbons (Fsp3) is 0.818. The molecule has 0 aromatic carbocycles. The van der Waals surface area contributed by atoms with Gasteiger partial charge in [0.15, 0.2) is 0 Å². The monoisotopic (exact) mass is 286 g/mol. The van der Waals surface area contributed by atoms with E-state index in [1.54, 1.807) is 0 Å². The van der Waals surface area contributed by atoms with Crippen LogP contribution in [0.4, 0.5) is 0 Å². The summed E-state index contributed by atoms with van der Waals surface area (Å²) in [5.41, 5.74) is 0. The van der Waals surface area contributed by atoms with Crippen molar-refractivity contribution < 1.29 is 24.5 Å². The SMILES string of the molecule is CC(ON=[N+]([O-])N1CCC(CO)C1)N1C(=O)CCC1=O. The van der Waals surface area contributed by atoms with Gasteiger partial charge in [-0.2, -0.15) is 0 Å². The van der Waals surface area contributed by atoms with Crippen molar-refractivity contribution in [3.05, 3.63) is 5.21 Å². The number of hydrazine groups is 1. The molecule has 2 fully saturated rings. The lowest BCUT2D eigenvalue weighted by Crippen LogP contribution is -2.39. The minimum Gasteiger partial charge on any atom is -0.569 e. The molecule has 2 aliphatic rings. The molecule has 2 amide bonds. The maximum absolute atomic E-state index is 11.7. The number of likely N-dealkylation sites (tertiary alicyclic amines) is 1. The normalized spacial score (nSPS) is 25.5. The Kier molecular flexibility index (Phi) is 4.38. The fourth-order valence-corrected chi connectivity index (χ4v) is 2.32. The third-order valence-corrected chi connectivity index (χ3v) is 3.49. The molecule has 2 unspecified atom stereocenters. The molecule has 2 atom stereocenters. The van der Waals surface area contributed by atoms with Crippen LogP contribution in [-0.2, 0) is 14.4 Å². The molecular formula is C11H18N4O5. The molecule has 2 saturated heterocycles. The molecule has 0 aromatic heterocycles. The van der Waals surface area contributed by atoms with Gasteiger partial charge >= 0.3 is 0 Å². The number of aliphatic hydroxyl groups excluding tert-OH is 1. The van der Waals surface area contributed by atoms with Gasteiger partial charge in [-0.05, 0) is 13.3 Å². The summed E-state index contributed by atoms with van der Waals surface area (Å²) < 4.78 is 0. The lowest BCUT2D eigenvalue weighted by Gasteiger charge is -2.19. The Morgan fingerprint density at radius 2 is 2.15 bits per heavy atom. The van der Waals surface area contributed by atoms with E-state index in [4.69, 9.17) is 9.94 Å². The summed E-state index contributed by atoms with van der Waals surface area (Å²) >= 11 is 0. The highest BCUT2D eigenvalue weighted by atomic mass is 16.7. The number of carbonyl (C=O) groups is 2. The number of rotatable bonds is 5. The zero-order valence-electron chi connectivity index (χ0n) is 11.3. The fourth-order valence-electron chi connectivity index (χ4n) is 2.32. The molecule has 0 aliphatic carbocycles. The van der Waals surface area contributed by atoms with Gasteiger partial charge in [-0.25, -0.2) is 4.90 Å². The molecule has 20 heavy (non-hydrogen) atoms. The standard InChI is InChI=1S/C11H18N4O5/c1-8(14-10(17)2-3-11(14)18)20-12-15(19)13-5-4-9(6-13)7-16/h8-9,16H,2-7H2,1H3. The zero-order valence-corrected chi connectivity index (χ0v) is 11.3. The molecule has 9 nitrogen and oxygen atoms in total. The van der Waals surface area contributed by atoms with Crippen LogP contribution >= 0.6 is 0 Å². The highest BCUT2D eigenvalue weighted by Crippen LogP contribution is 2.17. The first-order chi connectivity index (χ1) is 9.52. The smallest absolute Gasteiger partial charge is 0.235 e. The second-order valence-corrected chi connectivity index (χ2v) is 4.95. The summed E-state index contributed by atoms with van der Waals surface area (Å²) in [4.78, 5) is 29.1. The summed E-state index contributed by atoms with van der Waals surface area (Å²) in [5.74, 6) is -0.589. The first kappa shape index (κ1) is 14.5. The first-order valence-electron chi connectivity index (χ1n) is 6.57. The van der Waals surface area contributed by atoms with Crippen LogP contribution in [0.3, 0.4) is 0 Å². The van der Waals surface area contributed by atoms with Gasteiger partial charge in [-0.15, -0.1) is 5.01 Å². The Morgan fingerprint density at radius 3 is 2.70 bits per heavy atom. The van der Waals surface area contributed by atoms with Gasteiger partial charge in [0.2, 0.25) is 23.3 Å². The van der Waals surface area contributed by atoms with E-state index in [0.29, 0.717) is 24.5 Å². The van der Waals surface area contributed by atoms with Crippen LogP contribution in [0.25, 0.3) is 0 Å². The van der Waals surface area contributed by atoms with E-state index in [0.717, 1.165) is 4.90 Å². The average molecular weight is 286 g/mol. The van der Waals surface area contributed by atoms with Gasteiger partial charge in [0, 0.05) is 25.4 Å². The summed E-state index contributed by atoms with van der Waals surface area (Å²) in [6.45, 7) is 2.40. The highest BCUT2D eigenvalue weighted by Gasteiger charge is 2.35. The second kappa shape index (κ2) is 6.04. The summed E-state index contributed by atoms with van der Waals surface area (Å²) in [5, 5.41) is 25.4. The van der Waals surface area contributed by atoms with E-state index < -0.39 is 6.23 Å². The lowest BCUT2D eigenvalue weighted by molar-refractivity contribution is -0.709. The van der Waals surface area contributed by atoms with E-state index in [-0.39, 0.29) is 37.2 Å². The van der Waals surface area contributed by atoms with Gasteiger partial charge in [-0.1, -0.05) is 0 Å². The molecule has 112 valence electrons. The molecule has 9 heteroatoms. The highest BCUT2D eigenvalue weighted by molar-refractivity contribution is 6.02. The van der Waals surface area contributed by atoms with Crippen LogP contribution in [-0.4, -0.2) is 57.7 Å². The molecule has 0 radical (unpaired) electrons. The second-order valence-electron chi connectivity index (χ2n) is 4.95. The Morgan fingerprint density at radius 1 is 1.50 bits per heavy atom. The summed E-state index contributed by atoms with van der Waals surface area (Å²) in [6.07, 6.45) is 0.143. The molecule has 2 rings (SSSR count). The summed E-state index contributed by atoms with van der Waals surface area (Å²) in [6, 6.07) is 0. The number of aliphatic hydroxyl groups is 1. The topological polar surface area (TPSA) is 109 Å². The van der Waals surface area contributed by atoms with Crippen molar-refractivity contribution in [1.82, 2.24) is 9.91 Å². The minimum absolute atomic E-state index is 0.0262. The van der Waals surface area contributed by atoms with Gasteiger partial charge in [-0.3, -0.25) is 9.59 Å². The number of nitrogens with zero attached hydrogens (tertiary/aromatic N) is 4. The molecule has 0 spiro atoms. The van der Waals surface area contributed by atoms with Crippen LogP contribution in [0.15, 0.2) is 5.28 Å². The van der Waals surface area contributed by atoms with E-state index in [1.165, 1.54) is 11.9 Å². The van der Waals surface area contributed by atoms with Crippen LogP contribution in [0.5, 0.6) is 0 Å². The van der Waals surface area contributed by atoms with Gasteiger partial charge in [0.1, 0.15) is 0 Å². The Hall–Kier alpha value is -1.90. The van der Waals surface area contributed by atoms with Crippen LogP contribution in [0, 0.1) is 11.1 Å². The van der Waals surface area contributed by atoms with Crippen LogP contribution < -0.4 is 0 Å². The van der Waals surface area contributed by atoms with Crippen molar-refractivity contribution >= 4 is 11.8 Å². The Bertz CT molecular complexity index is 411. The number of imide groups is 1. The van der Waals surface area contributed by atoms with E-state index in [2.05, 4.69) is 5.28 Å². The van der Waals surface area contributed by atoms with Gasteiger partial charge in [0.25, 0.3) is 0 Å². The van der Waals surface area contributed by atoms with E-state index in [9.17, 15) is 14.8 Å². The summed E-state index contributed by atoms with van der Waals surface area (Å²) in [7, 11) is 0. The zero-order chi connectivity index (χ0) is 14.7. The van der Waals surface area contributed by atoms with Crippen molar-refractivity contribution in [3.63, 3.8) is 0 Å². The molecule has 2 heterocycles. The lowest BCUT2D eigenvalue weighted by atomic mass is 10.1. The van der Waals surface area contributed by atoms with Crippen molar-refractivity contribution in [3.8, 4) is 0 Å². The number of hydrogen-bond donors (Lipinski definition) is 1. The Balaban J connectivity index is 1.88. The number of amides is 2. The average Bonchev–Trinajstić information content (AvgIpc) is 3.03. The predicted molar refractivity (Wildman–Crippen MR) is 64.5 cm³/mol. The Labute approximate surface area is 115 Å². The molecule has 2 aliphatic heterocycles. The van der Waals surface area contributed by atoms with E-state index >= 15 is 0 Å². The van der Waals surface area contributed by atoms with Crippen LogP contribution in [0.2, 0.25) is 0 Å². The third-order valence-electron chi connectivity index (χ3n) is 3.49. The molecule has 1 N–H and O–H groups in total. The molecule has 0 bridgehead atoms.